The molecule has 1 amide bonds. The predicted molar refractivity (Wildman–Crippen MR) is 131 cm³/mol. The van der Waals surface area contributed by atoms with E-state index < -0.39 is 0 Å². The Bertz CT molecular complexity index is 1260. The number of pyridine rings is 1. The van der Waals surface area contributed by atoms with Gasteiger partial charge in [0.2, 0.25) is 17.7 Å². The van der Waals surface area contributed by atoms with E-state index in [0.717, 1.165) is 31.2 Å². The highest BCUT2D eigenvalue weighted by atomic mass is 32.2. The van der Waals surface area contributed by atoms with Gasteiger partial charge in [-0.2, -0.15) is 0 Å². The first-order chi connectivity index (χ1) is 17.2. The van der Waals surface area contributed by atoms with Crippen LogP contribution in [0, 0.1) is 0 Å². The Labute approximate surface area is 206 Å². The van der Waals surface area contributed by atoms with Crippen LogP contribution in [0.25, 0.3) is 11.6 Å². The number of amides is 1. The van der Waals surface area contributed by atoms with Crippen LogP contribution in [0.2, 0.25) is 0 Å². The molecule has 0 saturated carbocycles. The minimum atomic E-state index is -0.0868. The van der Waals surface area contributed by atoms with Gasteiger partial charge in [-0.05, 0) is 42.1 Å². The van der Waals surface area contributed by atoms with E-state index in [1.165, 1.54) is 24.4 Å². The molecule has 4 aromatic rings. The van der Waals surface area contributed by atoms with Gasteiger partial charge in [-0.1, -0.05) is 0 Å². The minimum Gasteiger partial charge on any atom is -0.461 e. The number of anilines is 2. The van der Waals surface area contributed by atoms with Crippen molar-refractivity contribution in [1.82, 2.24) is 35.0 Å². The van der Waals surface area contributed by atoms with Gasteiger partial charge in [0, 0.05) is 70.5 Å². The number of carbonyl (C=O) groups excluding carboxylic acids is 1. The topological polar surface area (TPSA) is 118 Å². The molecular weight excluding hydrogens is 466 g/mol. The number of piperazine rings is 1. The van der Waals surface area contributed by atoms with E-state index in [4.69, 9.17) is 9.40 Å². The number of aromatic nitrogens is 6. The standard InChI is InChI=1S/C23H25N9O2S/c1-17(33)25-10-11-32-21(19-3-2-16-34-19)28-29-23(32)35-20-6-9-26-22(27-20)31-14-12-30(13-15-31)18-4-7-24-8-5-18/h2-9,16H,10-15H2,1H3,(H,25,33). The summed E-state index contributed by atoms with van der Waals surface area (Å²) in [6, 6.07) is 9.56. The molecule has 180 valence electrons. The molecule has 5 heterocycles. The molecule has 1 saturated heterocycles. The van der Waals surface area contributed by atoms with Gasteiger partial charge in [0.25, 0.3) is 0 Å². The molecule has 0 spiro atoms. The highest BCUT2D eigenvalue weighted by molar-refractivity contribution is 7.99. The third-order valence-electron chi connectivity index (χ3n) is 5.57. The van der Waals surface area contributed by atoms with Gasteiger partial charge in [0.05, 0.1) is 6.26 Å². The highest BCUT2D eigenvalue weighted by Crippen LogP contribution is 2.29. The van der Waals surface area contributed by atoms with E-state index in [9.17, 15) is 4.79 Å². The smallest absolute Gasteiger partial charge is 0.226 e. The maximum atomic E-state index is 11.3. The molecule has 5 rings (SSSR count). The van der Waals surface area contributed by atoms with Gasteiger partial charge in [0.15, 0.2) is 10.9 Å². The fourth-order valence-electron chi connectivity index (χ4n) is 3.85. The predicted octanol–water partition coefficient (Wildman–Crippen LogP) is 2.34. The van der Waals surface area contributed by atoms with E-state index in [1.54, 1.807) is 18.5 Å². The zero-order chi connectivity index (χ0) is 24.0. The van der Waals surface area contributed by atoms with E-state index in [1.807, 2.05) is 41.2 Å². The van der Waals surface area contributed by atoms with Crippen LogP contribution in [0.15, 0.2) is 69.8 Å². The minimum absolute atomic E-state index is 0.0868. The summed E-state index contributed by atoms with van der Waals surface area (Å²) in [5.74, 6) is 1.82. The Balaban J connectivity index is 1.30. The number of nitrogens with one attached hydrogen (secondary N) is 1. The first-order valence-electron chi connectivity index (χ1n) is 11.3. The summed E-state index contributed by atoms with van der Waals surface area (Å²) in [5, 5.41) is 12.9. The van der Waals surface area contributed by atoms with Crippen LogP contribution in [0.1, 0.15) is 6.92 Å². The summed E-state index contributed by atoms with van der Waals surface area (Å²) < 4.78 is 7.46. The Kier molecular flexibility index (Phi) is 6.89. The number of hydrogen-bond acceptors (Lipinski definition) is 10. The van der Waals surface area contributed by atoms with Crippen LogP contribution in [0.5, 0.6) is 0 Å². The van der Waals surface area contributed by atoms with Gasteiger partial charge in [0.1, 0.15) is 5.03 Å². The number of nitrogens with zero attached hydrogens (tertiary/aromatic N) is 8. The second kappa shape index (κ2) is 10.6. The fourth-order valence-corrected chi connectivity index (χ4v) is 4.67. The van der Waals surface area contributed by atoms with E-state index in [2.05, 4.69) is 35.3 Å². The molecule has 0 bridgehead atoms. The zero-order valence-electron chi connectivity index (χ0n) is 19.2. The molecule has 0 aliphatic carbocycles. The van der Waals surface area contributed by atoms with Gasteiger partial charge in [-0.25, -0.2) is 9.97 Å². The van der Waals surface area contributed by atoms with E-state index in [-0.39, 0.29) is 5.91 Å². The molecule has 1 aliphatic rings. The van der Waals surface area contributed by atoms with Crippen molar-refractivity contribution in [2.75, 3.05) is 42.5 Å². The van der Waals surface area contributed by atoms with Crippen LogP contribution in [0.3, 0.4) is 0 Å². The van der Waals surface area contributed by atoms with Crippen molar-refractivity contribution in [1.29, 1.82) is 0 Å². The summed E-state index contributed by atoms with van der Waals surface area (Å²) in [5.41, 5.74) is 1.18. The highest BCUT2D eigenvalue weighted by Gasteiger charge is 2.21. The van der Waals surface area contributed by atoms with Crippen LogP contribution in [-0.4, -0.2) is 68.3 Å². The lowest BCUT2D eigenvalue weighted by molar-refractivity contribution is -0.118. The second-order valence-corrected chi connectivity index (χ2v) is 8.88. The normalized spacial score (nSPS) is 13.7. The Morgan fingerprint density at radius 3 is 2.60 bits per heavy atom. The van der Waals surface area contributed by atoms with Gasteiger partial charge in [-0.3, -0.25) is 14.3 Å². The van der Waals surface area contributed by atoms with Gasteiger partial charge < -0.3 is 19.5 Å². The monoisotopic (exact) mass is 491 g/mol. The first-order valence-corrected chi connectivity index (χ1v) is 12.1. The fraction of sp³-hybridized carbons (Fsp3) is 0.304. The average Bonchev–Trinajstić information content (AvgIpc) is 3.55. The molecule has 4 aromatic heterocycles. The van der Waals surface area contributed by atoms with Crippen molar-refractivity contribution in [3.05, 3.63) is 55.2 Å². The number of rotatable bonds is 8. The largest absolute Gasteiger partial charge is 0.461 e. The molecular formula is C23H25N9O2S. The van der Waals surface area contributed by atoms with Crippen LogP contribution < -0.4 is 15.1 Å². The van der Waals surface area contributed by atoms with Crippen molar-refractivity contribution >= 4 is 29.3 Å². The third kappa shape index (κ3) is 5.43. The van der Waals surface area contributed by atoms with Gasteiger partial charge >= 0.3 is 0 Å². The number of hydrogen-bond donors (Lipinski definition) is 1. The van der Waals surface area contributed by atoms with Gasteiger partial charge in [-0.15, -0.1) is 10.2 Å². The summed E-state index contributed by atoms with van der Waals surface area (Å²) in [7, 11) is 0. The van der Waals surface area contributed by atoms with Crippen molar-refractivity contribution in [2.24, 2.45) is 0 Å². The van der Waals surface area contributed by atoms with Crippen LogP contribution in [0.4, 0.5) is 11.6 Å². The maximum Gasteiger partial charge on any atom is 0.226 e. The molecule has 1 fully saturated rings. The molecule has 0 radical (unpaired) electrons. The third-order valence-corrected chi connectivity index (χ3v) is 6.49. The quantitative estimate of drug-likeness (QED) is 0.368. The lowest BCUT2D eigenvalue weighted by atomic mass is 10.3. The van der Waals surface area contributed by atoms with Crippen molar-refractivity contribution in [2.45, 2.75) is 23.7 Å². The van der Waals surface area contributed by atoms with Crippen LogP contribution >= 0.6 is 11.8 Å². The molecule has 1 N–H and O–H groups in total. The molecule has 35 heavy (non-hydrogen) atoms. The van der Waals surface area contributed by atoms with Crippen molar-refractivity contribution in [3.63, 3.8) is 0 Å². The van der Waals surface area contributed by atoms with Crippen LogP contribution in [-0.2, 0) is 11.3 Å². The van der Waals surface area contributed by atoms with E-state index in [0.29, 0.717) is 35.8 Å². The summed E-state index contributed by atoms with van der Waals surface area (Å²) in [4.78, 5) is 29.3. The Hall–Kier alpha value is -3.93. The Morgan fingerprint density at radius 1 is 1.06 bits per heavy atom. The molecule has 0 unspecified atom stereocenters. The number of carbonyl (C=O) groups is 1. The zero-order valence-corrected chi connectivity index (χ0v) is 20.1. The van der Waals surface area contributed by atoms with Crippen molar-refractivity contribution < 1.29 is 9.21 Å². The Morgan fingerprint density at radius 2 is 1.86 bits per heavy atom. The summed E-state index contributed by atoms with van der Waals surface area (Å²) in [6.45, 7) is 5.86. The second-order valence-electron chi connectivity index (χ2n) is 7.89. The maximum absolute atomic E-state index is 11.3. The molecule has 11 nitrogen and oxygen atoms in total. The number of furan rings is 1. The lowest BCUT2D eigenvalue weighted by Crippen LogP contribution is -2.47. The SMILES string of the molecule is CC(=O)NCCn1c(Sc2ccnc(N3CCN(c4ccncc4)CC3)n2)nnc1-c1ccco1. The van der Waals surface area contributed by atoms with Crippen molar-refractivity contribution in [3.8, 4) is 11.6 Å². The molecule has 12 heteroatoms. The van der Waals surface area contributed by atoms with E-state index >= 15 is 0 Å². The molecule has 0 aromatic carbocycles. The molecule has 0 atom stereocenters. The summed E-state index contributed by atoms with van der Waals surface area (Å²) >= 11 is 1.41. The average molecular weight is 492 g/mol. The summed E-state index contributed by atoms with van der Waals surface area (Å²) in [6.07, 6.45) is 7.00. The molecule has 1 aliphatic heterocycles. The lowest BCUT2D eigenvalue weighted by Gasteiger charge is -2.36. The first kappa shape index (κ1) is 22.8.